The van der Waals surface area contributed by atoms with Crippen LogP contribution in [0.5, 0.6) is 5.75 Å². The molecule has 2 aromatic carbocycles. The molecule has 0 spiro atoms. The van der Waals surface area contributed by atoms with E-state index in [0.717, 1.165) is 6.04 Å². The summed E-state index contributed by atoms with van der Waals surface area (Å²) in [4.78, 5) is 25.0. The number of esters is 2. The summed E-state index contributed by atoms with van der Waals surface area (Å²) in [5, 5.41) is 10.7. The Hall–Kier alpha value is -2.72. The molecule has 0 unspecified atom stereocenters. The SMILES string of the molecule is COc1ccc(C(=O)OC[C@H]2O[C@@H](OCC[Si](C)(C)C)[C@H](OC(=O)c3ccccc3)C[C@@H]2O)cc1. The van der Waals surface area contributed by atoms with Crippen LogP contribution in [-0.2, 0) is 18.9 Å². The van der Waals surface area contributed by atoms with Gasteiger partial charge in [0.2, 0.25) is 0 Å². The van der Waals surface area contributed by atoms with E-state index >= 15 is 0 Å². The summed E-state index contributed by atoms with van der Waals surface area (Å²) in [6.45, 7) is 6.97. The van der Waals surface area contributed by atoms with E-state index in [1.807, 2.05) is 6.07 Å². The van der Waals surface area contributed by atoms with Crippen molar-refractivity contribution in [2.75, 3.05) is 20.3 Å². The smallest absolute Gasteiger partial charge is 0.338 e. The summed E-state index contributed by atoms with van der Waals surface area (Å²) >= 11 is 0. The molecule has 1 aliphatic heterocycles. The van der Waals surface area contributed by atoms with Crippen LogP contribution in [0.4, 0.5) is 0 Å². The first-order chi connectivity index (χ1) is 16.7. The number of methoxy groups -OCH3 is 1. The molecule has 1 fully saturated rings. The van der Waals surface area contributed by atoms with Crippen LogP contribution in [0.2, 0.25) is 25.7 Å². The van der Waals surface area contributed by atoms with Gasteiger partial charge in [-0.25, -0.2) is 9.59 Å². The molecule has 9 heteroatoms. The van der Waals surface area contributed by atoms with Crippen molar-refractivity contribution < 1.29 is 38.4 Å². The zero-order valence-corrected chi connectivity index (χ0v) is 21.6. The predicted octanol–water partition coefficient (Wildman–Crippen LogP) is 3.91. The van der Waals surface area contributed by atoms with Crippen molar-refractivity contribution in [3.63, 3.8) is 0 Å². The van der Waals surface area contributed by atoms with Crippen LogP contribution < -0.4 is 4.74 Å². The number of carbonyl (C=O) groups excluding carboxylic acids is 2. The van der Waals surface area contributed by atoms with Gasteiger partial charge in [-0.3, -0.25) is 0 Å². The van der Waals surface area contributed by atoms with Gasteiger partial charge in [0.1, 0.15) is 18.5 Å². The highest BCUT2D eigenvalue weighted by Crippen LogP contribution is 2.26. The summed E-state index contributed by atoms with van der Waals surface area (Å²) in [5.41, 5.74) is 0.757. The van der Waals surface area contributed by atoms with Crippen molar-refractivity contribution >= 4 is 20.0 Å². The Balaban J connectivity index is 1.63. The van der Waals surface area contributed by atoms with Crippen molar-refractivity contribution in [2.45, 2.75) is 56.7 Å². The molecule has 1 aliphatic rings. The third kappa shape index (κ3) is 8.17. The number of aliphatic hydroxyl groups excluding tert-OH is 1. The second-order valence-electron chi connectivity index (χ2n) is 9.66. The van der Waals surface area contributed by atoms with Gasteiger partial charge in [-0.05, 0) is 42.4 Å². The molecule has 0 radical (unpaired) electrons. The number of carbonyl (C=O) groups is 2. The second kappa shape index (κ2) is 12.3. The highest BCUT2D eigenvalue weighted by atomic mass is 28.3. The van der Waals surface area contributed by atoms with E-state index in [2.05, 4.69) is 19.6 Å². The minimum atomic E-state index is -1.37. The summed E-state index contributed by atoms with van der Waals surface area (Å²) in [5.74, 6) is -0.436. The lowest BCUT2D eigenvalue weighted by atomic mass is 10.0. The number of hydrogen-bond acceptors (Lipinski definition) is 8. The third-order valence-electron chi connectivity index (χ3n) is 5.62. The predicted molar refractivity (Wildman–Crippen MR) is 132 cm³/mol. The van der Waals surface area contributed by atoms with Gasteiger partial charge in [0.05, 0.1) is 24.3 Å². The fourth-order valence-corrected chi connectivity index (χ4v) is 4.21. The molecule has 1 N–H and O–H groups in total. The van der Waals surface area contributed by atoms with E-state index in [1.165, 1.54) is 0 Å². The lowest BCUT2D eigenvalue weighted by Crippen LogP contribution is -2.52. The molecule has 0 saturated carbocycles. The molecule has 0 aromatic heterocycles. The number of rotatable bonds is 10. The summed E-state index contributed by atoms with van der Waals surface area (Å²) in [7, 11) is 0.174. The van der Waals surface area contributed by atoms with Crippen LogP contribution in [0, 0.1) is 0 Å². The summed E-state index contributed by atoms with van der Waals surface area (Å²) in [6, 6.07) is 16.0. The molecular formula is C26H34O8Si. The summed E-state index contributed by atoms with van der Waals surface area (Å²) < 4.78 is 28.1. The molecule has 0 aliphatic carbocycles. The van der Waals surface area contributed by atoms with Gasteiger partial charge in [0.25, 0.3) is 0 Å². The topological polar surface area (TPSA) is 101 Å². The van der Waals surface area contributed by atoms with Gasteiger partial charge in [-0.1, -0.05) is 37.8 Å². The Morgan fingerprint density at radius 1 is 1.00 bits per heavy atom. The Bertz CT molecular complexity index is 958. The van der Waals surface area contributed by atoms with Gasteiger partial charge in [-0.2, -0.15) is 0 Å². The van der Waals surface area contributed by atoms with Gasteiger partial charge < -0.3 is 28.8 Å². The Morgan fingerprint density at radius 3 is 2.29 bits per heavy atom. The zero-order chi connectivity index (χ0) is 25.4. The minimum absolute atomic E-state index is 0.0982. The van der Waals surface area contributed by atoms with Crippen molar-refractivity contribution in [3.8, 4) is 5.75 Å². The number of hydrogen-bond donors (Lipinski definition) is 1. The third-order valence-corrected chi connectivity index (χ3v) is 7.33. The standard InChI is InChI=1S/C26H34O8Si/c1-30-20-12-10-19(11-13-20)24(28)32-17-23-21(27)16-22(26(34-23)31-14-15-35(2,3)4)33-25(29)18-8-6-5-7-9-18/h5-13,21-23,26-27H,14-17H2,1-4H3/t21-,22+,23+,26+/m0/s1. The van der Waals surface area contributed by atoms with E-state index in [4.69, 9.17) is 23.7 Å². The maximum Gasteiger partial charge on any atom is 0.338 e. The molecule has 3 rings (SSSR count). The molecule has 1 heterocycles. The number of aliphatic hydroxyl groups is 1. The molecule has 0 bridgehead atoms. The maximum atomic E-state index is 12.6. The first-order valence-corrected chi connectivity index (χ1v) is 15.4. The Labute approximate surface area is 207 Å². The minimum Gasteiger partial charge on any atom is -0.497 e. The zero-order valence-electron chi connectivity index (χ0n) is 20.6. The van der Waals surface area contributed by atoms with Crippen LogP contribution >= 0.6 is 0 Å². The Morgan fingerprint density at radius 2 is 1.66 bits per heavy atom. The lowest BCUT2D eigenvalue weighted by Gasteiger charge is -2.38. The van der Waals surface area contributed by atoms with Gasteiger partial charge in [-0.15, -0.1) is 0 Å². The number of benzene rings is 2. The summed E-state index contributed by atoms with van der Waals surface area (Å²) in [6.07, 6.45) is -3.41. The van der Waals surface area contributed by atoms with E-state index in [1.54, 1.807) is 55.6 Å². The molecule has 1 saturated heterocycles. The average molecular weight is 503 g/mol. The Kier molecular flexibility index (Phi) is 9.45. The van der Waals surface area contributed by atoms with Gasteiger partial charge in [0.15, 0.2) is 12.4 Å². The van der Waals surface area contributed by atoms with Crippen molar-refractivity contribution in [1.29, 1.82) is 0 Å². The van der Waals surface area contributed by atoms with E-state index in [-0.39, 0.29) is 13.0 Å². The monoisotopic (exact) mass is 502 g/mol. The van der Waals surface area contributed by atoms with Gasteiger partial charge in [0, 0.05) is 21.1 Å². The second-order valence-corrected chi connectivity index (χ2v) is 15.3. The quantitative estimate of drug-likeness (QED) is 0.386. The fourth-order valence-electron chi connectivity index (χ4n) is 3.48. The van der Waals surface area contributed by atoms with Gasteiger partial charge >= 0.3 is 11.9 Å². The largest absolute Gasteiger partial charge is 0.497 e. The first-order valence-electron chi connectivity index (χ1n) is 11.7. The molecular weight excluding hydrogens is 468 g/mol. The van der Waals surface area contributed by atoms with Crippen LogP contribution in [0.1, 0.15) is 27.1 Å². The van der Waals surface area contributed by atoms with Crippen molar-refractivity contribution in [2.24, 2.45) is 0 Å². The highest BCUT2D eigenvalue weighted by molar-refractivity contribution is 6.76. The maximum absolute atomic E-state index is 12.6. The highest BCUT2D eigenvalue weighted by Gasteiger charge is 2.41. The van der Waals surface area contributed by atoms with E-state index < -0.39 is 44.6 Å². The lowest BCUT2D eigenvalue weighted by molar-refractivity contribution is -0.268. The number of ether oxygens (including phenoxy) is 5. The molecule has 190 valence electrons. The molecule has 2 aromatic rings. The molecule has 0 amide bonds. The van der Waals surface area contributed by atoms with Crippen molar-refractivity contribution in [3.05, 3.63) is 65.7 Å². The van der Waals surface area contributed by atoms with Crippen LogP contribution in [0.3, 0.4) is 0 Å². The first kappa shape index (κ1) is 26.9. The van der Waals surface area contributed by atoms with Crippen LogP contribution in [-0.4, -0.2) is 70.0 Å². The van der Waals surface area contributed by atoms with E-state index in [9.17, 15) is 14.7 Å². The molecule has 8 nitrogen and oxygen atoms in total. The average Bonchev–Trinajstić information content (AvgIpc) is 2.84. The molecule has 35 heavy (non-hydrogen) atoms. The van der Waals surface area contributed by atoms with Crippen LogP contribution in [0.25, 0.3) is 0 Å². The van der Waals surface area contributed by atoms with E-state index in [0.29, 0.717) is 23.5 Å². The normalized spacial score (nSPS) is 22.3. The van der Waals surface area contributed by atoms with Crippen LogP contribution in [0.15, 0.2) is 54.6 Å². The fraction of sp³-hybridized carbons (Fsp3) is 0.462. The molecule has 4 atom stereocenters. The van der Waals surface area contributed by atoms with Crippen molar-refractivity contribution in [1.82, 2.24) is 0 Å².